The average Bonchev–Trinajstić information content (AvgIpc) is 2.12. The maximum Gasteiger partial charge on any atom is 1.00 e. The van der Waals surface area contributed by atoms with Gasteiger partial charge >= 0.3 is 59.1 Å². The number of unbranched alkanes of at least 4 members (excludes halogenated alkanes) is 2. The topological polar surface area (TPSA) is 130 Å². The van der Waals surface area contributed by atoms with Gasteiger partial charge in [-0.25, -0.2) is 0 Å². The molecule has 0 aliphatic heterocycles. The molecule has 0 aliphatic rings. The molecule has 0 bridgehead atoms. The van der Waals surface area contributed by atoms with Crippen molar-refractivity contribution in [2.24, 2.45) is 0 Å². The largest absolute Gasteiger partial charge is 1.00 e. The molecule has 0 fully saturated rings. The van der Waals surface area contributed by atoms with E-state index >= 15 is 0 Å². The Labute approximate surface area is 152 Å². The Morgan fingerprint density at radius 3 is 2.00 bits per heavy atom. The van der Waals surface area contributed by atoms with E-state index in [-0.39, 0.29) is 71.6 Å². The second-order valence-electron chi connectivity index (χ2n) is 2.94. The van der Waals surface area contributed by atoms with Gasteiger partial charge in [-0.2, -0.15) is 0 Å². The van der Waals surface area contributed by atoms with Crippen LogP contribution in [-0.2, 0) is 15.2 Å². The van der Waals surface area contributed by atoms with E-state index in [1.54, 1.807) is 0 Å². The second-order valence-corrected chi connectivity index (χ2v) is 3.76. The van der Waals surface area contributed by atoms with Crippen molar-refractivity contribution < 1.29 is 86.5 Å². The first-order chi connectivity index (χ1) is 7.31. The van der Waals surface area contributed by atoms with Crippen LogP contribution in [-0.4, -0.2) is 41.7 Å². The van der Waals surface area contributed by atoms with Gasteiger partial charge in [0, 0.05) is 23.4 Å². The number of hydrogen-bond donors (Lipinski definition) is 2. The predicted octanol–water partition coefficient (Wildman–Crippen LogP) is -6.65. The first kappa shape index (κ1) is 27.6. The molecule has 98 valence electrons. The second kappa shape index (κ2) is 18.3. The zero-order valence-corrected chi connectivity index (χ0v) is 16.0. The van der Waals surface area contributed by atoms with Crippen LogP contribution in [0.1, 0.15) is 32.6 Å². The fraction of sp³-hybridized carbons (Fsp3) is 0.875. The first-order valence-corrected chi connectivity index (χ1v) is 6.18. The molecule has 7 nitrogen and oxygen atoms in total. The van der Waals surface area contributed by atoms with Gasteiger partial charge in [0.05, 0.1) is 6.61 Å². The monoisotopic (exact) mass is 301 g/mol. The van der Waals surface area contributed by atoms with Crippen LogP contribution in [0.4, 0.5) is 0 Å². The summed E-state index contributed by atoms with van der Waals surface area (Å²) in [5, 5.41) is 11.0. The van der Waals surface area contributed by atoms with Gasteiger partial charge in [-0.3, -0.25) is 13.2 Å². The summed E-state index contributed by atoms with van der Waals surface area (Å²) in [5.41, 5.74) is 0. The van der Waals surface area contributed by atoms with E-state index in [1.807, 2.05) is 0 Å². The van der Waals surface area contributed by atoms with Gasteiger partial charge < -0.3 is 19.5 Å². The summed E-state index contributed by atoms with van der Waals surface area (Å²) in [6, 6.07) is 0. The SMILES string of the molecule is CCCCCC(=O)NCCO.O=S(=O)([O-])[O-].[Na+].[Na+]. The number of nitrogens with one attached hydrogen (secondary N) is 1. The van der Waals surface area contributed by atoms with Gasteiger partial charge in [-0.05, 0) is 6.42 Å². The summed E-state index contributed by atoms with van der Waals surface area (Å²) in [6.07, 6.45) is 3.78. The van der Waals surface area contributed by atoms with E-state index in [9.17, 15) is 4.79 Å². The Bertz CT molecular complexity index is 265. The van der Waals surface area contributed by atoms with E-state index in [0.29, 0.717) is 13.0 Å². The minimum absolute atomic E-state index is 0. The summed E-state index contributed by atoms with van der Waals surface area (Å²) in [7, 11) is -5.17. The van der Waals surface area contributed by atoms with Crippen molar-refractivity contribution in [1.29, 1.82) is 0 Å². The molecule has 10 heteroatoms. The quantitative estimate of drug-likeness (QED) is 0.217. The Hall–Kier alpha value is 1.30. The molecule has 18 heavy (non-hydrogen) atoms. The number of carbonyl (C=O) groups is 1. The van der Waals surface area contributed by atoms with E-state index in [0.717, 1.165) is 19.3 Å². The van der Waals surface area contributed by atoms with Crippen molar-refractivity contribution in [3.05, 3.63) is 0 Å². The van der Waals surface area contributed by atoms with Gasteiger partial charge in [0.25, 0.3) is 0 Å². The van der Waals surface area contributed by atoms with Crippen LogP contribution in [0.15, 0.2) is 0 Å². The van der Waals surface area contributed by atoms with Crippen LogP contribution in [0, 0.1) is 0 Å². The van der Waals surface area contributed by atoms with Crippen LogP contribution in [0.25, 0.3) is 0 Å². The normalized spacial score (nSPS) is 9.11. The van der Waals surface area contributed by atoms with Gasteiger partial charge in [0.15, 0.2) is 0 Å². The molecule has 0 aromatic rings. The van der Waals surface area contributed by atoms with Crippen LogP contribution >= 0.6 is 0 Å². The molecular formula is C8H17NNa2O6S. The first-order valence-electron chi connectivity index (χ1n) is 4.85. The summed E-state index contributed by atoms with van der Waals surface area (Å²) < 4.78 is 34.1. The van der Waals surface area contributed by atoms with Crippen LogP contribution in [0.2, 0.25) is 0 Å². The maximum absolute atomic E-state index is 10.9. The minimum atomic E-state index is -5.17. The molecular weight excluding hydrogens is 284 g/mol. The van der Waals surface area contributed by atoms with Crippen molar-refractivity contribution >= 4 is 16.3 Å². The van der Waals surface area contributed by atoms with Crippen LogP contribution < -0.4 is 64.4 Å². The van der Waals surface area contributed by atoms with E-state index in [2.05, 4.69) is 12.2 Å². The van der Waals surface area contributed by atoms with Gasteiger partial charge in [0.1, 0.15) is 0 Å². The van der Waals surface area contributed by atoms with Crippen molar-refractivity contribution in [3.8, 4) is 0 Å². The molecule has 0 heterocycles. The summed E-state index contributed by atoms with van der Waals surface area (Å²) in [6.45, 7) is 2.51. The Morgan fingerprint density at radius 2 is 1.67 bits per heavy atom. The fourth-order valence-corrected chi connectivity index (χ4v) is 0.819. The van der Waals surface area contributed by atoms with E-state index < -0.39 is 10.4 Å². The average molecular weight is 301 g/mol. The Kier molecular flexibility index (Phi) is 28.1. The van der Waals surface area contributed by atoms with Crippen molar-refractivity contribution in [2.45, 2.75) is 32.6 Å². The molecule has 0 rings (SSSR count). The van der Waals surface area contributed by atoms with Crippen molar-refractivity contribution in [2.75, 3.05) is 13.2 Å². The van der Waals surface area contributed by atoms with Gasteiger partial charge in [-0.15, -0.1) is 0 Å². The number of amides is 1. The molecule has 0 saturated heterocycles. The number of hydrogen-bond acceptors (Lipinski definition) is 6. The van der Waals surface area contributed by atoms with Crippen LogP contribution in [0.5, 0.6) is 0 Å². The number of carbonyl (C=O) groups excluding carboxylic acids is 1. The van der Waals surface area contributed by atoms with Gasteiger partial charge in [0.2, 0.25) is 5.91 Å². The van der Waals surface area contributed by atoms with Crippen molar-refractivity contribution in [1.82, 2.24) is 5.32 Å². The Balaban J connectivity index is -0.000000122. The van der Waals surface area contributed by atoms with Gasteiger partial charge in [-0.1, -0.05) is 19.8 Å². The van der Waals surface area contributed by atoms with E-state index in [1.165, 1.54) is 0 Å². The molecule has 0 unspecified atom stereocenters. The molecule has 0 aliphatic carbocycles. The van der Waals surface area contributed by atoms with Crippen molar-refractivity contribution in [3.63, 3.8) is 0 Å². The van der Waals surface area contributed by atoms with Crippen LogP contribution in [0.3, 0.4) is 0 Å². The zero-order valence-electron chi connectivity index (χ0n) is 11.1. The third-order valence-electron chi connectivity index (χ3n) is 1.44. The number of aliphatic hydroxyl groups is 1. The standard InChI is InChI=1S/C8H17NO2.2Na.H2O4S/c1-2-3-4-5-8(11)9-6-7-10;;;1-5(2,3)4/h10H,2-7H2,1H3,(H,9,11);;;(H2,1,2,3,4)/q;2*+1;/p-2. The fourth-order valence-electron chi connectivity index (χ4n) is 0.819. The molecule has 0 atom stereocenters. The third-order valence-corrected chi connectivity index (χ3v) is 1.44. The molecule has 2 N–H and O–H groups in total. The number of aliphatic hydroxyl groups excluding tert-OH is 1. The maximum atomic E-state index is 10.9. The molecule has 0 aromatic carbocycles. The molecule has 0 spiro atoms. The summed E-state index contributed by atoms with van der Waals surface area (Å²) >= 11 is 0. The smallest absolute Gasteiger partial charge is 0.759 e. The molecule has 1 amide bonds. The third kappa shape index (κ3) is 43.3. The minimum Gasteiger partial charge on any atom is -0.759 e. The zero-order chi connectivity index (χ0) is 13.0. The predicted molar refractivity (Wildman–Crippen MR) is 54.7 cm³/mol. The molecule has 0 saturated carbocycles. The summed E-state index contributed by atoms with van der Waals surface area (Å²) in [4.78, 5) is 10.9. The molecule has 0 radical (unpaired) electrons. The van der Waals surface area contributed by atoms with E-state index in [4.69, 9.17) is 22.6 Å². The Morgan fingerprint density at radius 1 is 1.22 bits per heavy atom. The number of rotatable bonds is 6. The molecule has 0 aromatic heterocycles. The summed E-state index contributed by atoms with van der Waals surface area (Å²) in [5.74, 6) is 0.0486.